The molecule has 1 aliphatic heterocycles. The molecule has 1 saturated carbocycles. The van der Waals surface area contributed by atoms with Gasteiger partial charge in [-0.05, 0) is 49.6 Å². The second-order valence-corrected chi connectivity index (χ2v) is 9.10. The predicted octanol–water partition coefficient (Wildman–Crippen LogP) is 4.43. The third-order valence-corrected chi connectivity index (χ3v) is 6.79. The number of carbonyl (C=O) groups is 1. The van der Waals surface area contributed by atoms with Crippen molar-refractivity contribution in [1.29, 1.82) is 0 Å². The lowest BCUT2D eigenvalue weighted by atomic mass is 10.0. The average molecular weight is 416 g/mol. The number of benzene rings is 1. The fraction of sp³-hybridized carbons (Fsp3) is 0.429. The number of sulfonamides is 1. The maximum atomic E-state index is 13.0. The van der Waals surface area contributed by atoms with E-state index in [0.29, 0.717) is 17.2 Å². The Labute approximate surface area is 170 Å². The maximum Gasteiger partial charge on any atom is 0.291 e. The summed E-state index contributed by atoms with van der Waals surface area (Å²) in [5.74, 6) is 0.599. The summed E-state index contributed by atoms with van der Waals surface area (Å²) in [6.07, 6.45) is 7.53. The van der Waals surface area contributed by atoms with Crippen LogP contribution in [0, 0.1) is 5.92 Å². The molecule has 0 saturated heterocycles. The van der Waals surface area contributed by atoms with Crippen LogP contribution in [-0.2, 0) is 10.0 Å². The summed E-state index contributed by atoms with van der Waals surface area (Å²) in [5.41, 5.74) is 1.04. The highest BCUT2D eigenvalue weighted by Crippen LogP contribution is 2.38. The van der Waals surface area contributed by atoms with Crippen molar-refractivity contribution in [2.45, 2.75) is 50.3 Å². The fourth-order valence-corrected chi connectivity index (χ4v) is 5.31. The Morgan fingerprint density at radius 2 is 2.07 bits per heavy atom. The Kier molecular flexibility index (Phi) is 5.45. The summed E-state index contributed by atoms with van der Waals surface area (Å²) in [4.78, 5) is 14.4. The van der Waals surface area contributed by atoms with E-state index in [2.05, 4.69) is 21.5 Å². The normalized spacial score (nSPS) is 18.4. The van der Waals surface area contributed by atoms with E-state index in [1.807, 2.05) is 0 Å². The highest BCUT2D eigenvalue weighted by atomic mass is 32.2. The average Bonchev–Trinajstić information content (AvgIpc) is 3.41. The van der Waals surface area contributed by atoms with Crippen LogP contribution in [0.1, 0.15) is 56.0 Å². The number of rotatable bonds is 6. The SMILES string of the molecule is CCCCN1C(C2CCCC2)=NS(=O)(=O)c2cc(NC(=O)c3ccco3)ccc21. The predicted molar refractivity (Wildman–Crippen MR) is 112 cm³/mol. The molecule has 1 aromatic heterocycles. The molecule has 0 spiro atoms. The molecule has 1 aromatic carbocycles. The molecule has 1 fully saturated rings. The van der Waals surface area contributed by atoms with Gasteiger partial charge in [0, 0.05) is 18.2 Å². The molecule has 1 amide bonds. The topological polar surface area (TPSA) is 92.0 Å². The van der Waals surface area contributed by atoms with Crippen molar-refractivity contribution in [2.75, 3.05) is 16.8 Å². The minimum Gasteiger partial charge on any atom is -0.459 e. The van der Waals surface area contributed by atoms with Crippen molar-refractivity contribution in [3.05, 3.63) is 42.4 Å². The van der Waals surface area contributed by atoms with Gasteiger partial charge in [-0.1, -0.05) is 26.2 Å². The number of nitrogens with one attached hydrogen (secondary N) is 1. The van der Waals surface area contributed by atoms with Crippen molar-refractivity contribution in [2.24, 2.45) is 10.3 Å². The van der Waals surface area contributed by atoms with Crippen molar-refractivity contribution in [3.8, 4) is 0 Å². The van der Waals surface area contributed by atoms with Crippen LogP contribution in [0.3, 0.4) is 0 Å². The summed E-state index contributed by atoms with van der Waals surface area (Å²) < 4.78 is 35.3. The highest BCUT2D eigenvalue weighted by Gasteiger charge is 2.35. The van der Waals surface area contributed by atoms with Crippen LogP contribution in [0.4, 0.5) is 11.4 Å². The van der Waals surface area contributed by atoms with Gasteiger partial charge in [-0.3, -0.25) is 4.79 Å². The molecule has 0 atom stereocenters. The lowest BCUT2D eigenvalue weighted by molar-refractivity contribution is 0.0996. The third-order valence-electron chi connectivity index (χ3n) is 5.48. The van der Waals surface area contributed by atoms with E-state index in [-0.39, 0.29) is 16.6 Å². The Bertz CT molecular complexity index is 1020. The molecule has 2 aliphatic rings. The molecule has 1 N–H and O–H groups in total. The first-order chi connectivity index (χ1) is 14.0. The second-order valence-electron chi connectivity index (χ2n) is 7.53. The minimum absolute atomic E-state index is 0.132. The van der Waals surface area contributed by atoms with E-state index >= 15 is 0 Å². The summed E-state index contributed by atoms with van der Waals surface area (Å²) >= 11 is 0. The molecule has 7 nitrogen and oxygen atoms in total. The van der Waals surface area contributed by atoms with Gasteiger partial charge >= 0.3 is 0 Å². The van der Waals surface area contributed by atoms with Crippen LogP contribution in [0.2, 0.25) is 0 Å². The zero-order valence-electron chi connectivity index (χ0n) is 16.4. The van der Waals surface area contributed by atoms with Gasteiger partial charge in [0.1, 0.15) is 10.7 Å². The van der Waals surface area contributed by atoms with Crippen molar-refractivity contribution in [3.63, 3.8) is 0 Å². The first-order valence-corrected chi connectivity index (χ1v) is 11.5. The molecule has 29 heavy (non-hydrogen) atoms. The fourth-order valence-electron chi connectivity index (χ4n) is 4.00. The maximum absolute atomic E-state index is 13.0. The molecule has 4 rings (SSSR count). The lowest BCUT2D eigenvalue weighted by Gasteiger charge is -2.33. The van der Waals surface area contributed by atoms with E-state index in [9.17, 15) is 13.2 Å². The molecule has 0 bridgehead atoms. The highest BCUT2D eigenvalue weighted by molar-refractivity contribution is 7.90. The van der Waals surface area contributed by atoms with E-state index in [4.69, 9.17) is 4.42 Å². The third kappa shape index (κ3) is 3.94. The van der Waals surface area contributed by atoms with Gasteiger partial charge in [-0.25, -0.2) is 0 Å². The van der Waals surface area contributed by atoms with Crippen molar-refractivity contribution < 1.29 is 17.6 Å². The van der Waals surface area contributed by atoms with Gasteiger partial charge in [0.25, 0.3) is 15.9 Å². The number of fused-ring (bicyclic) bond motifs is 1. The van der Waals surface area contributed by atoms with Gasteiger partial charge in [0.2, 0.25) is 0 Å². The second kappa shape index (κ2) is 8.02. The number of amidine groups is 1. The number of hydrogen-bond donors (Lipinski definition) is 1. The molecule has 0 unspecified atom stereocenters. The van der Waals surface area contributed by atoms with Crippen molar-refractivity contribution >= 4 is 33.1 Å². The van der Waals surface area contributed by atoms with E-state index in [1.54, 1.807) is 24.3 Å². The van der Waals surface area contributed by atoms with Crippen LogP contribution < -0.4 is 10.2 Å². The first-order valence-electron chi connectivity index (χ1n) is 10.1. The molecule has 0 radical (unpaired) electrons. The van der Waals surface area contributed by atoms with Crippen LogP contribution in [0.5, 0.6) is 0 Å². The monoisotopic (exact) mass is 415 g/mol. The van der Waals surface area contributed by atoms with E-state index in [0.717, 1.165) is 45.1 Å². The molecular weight excluding hydrogens is 390 g/mol. The van der Waals surface area contributed by atoms with Gasteiger partial charge < -0.3 is 14.6 Å². The van der Waals surface area contributed by atoms with Gasteiger partial charge in [0.05, 0.1) is 12.0 Å². The summed E-state index contributed by atoms with van der Waals surface area (Å²) in [7, 11) is -3.83. The molecule has 154 valence electrons. The number of amides is 1. The number of unbranched alkanes of at least 4 members (excludes halogenated alkanes) is 1. The number of furan rings is 1. The quantitative estimate of drug-likeness (QED) is 0.753. The molecule has 1 aliphatic carbocycles. The minimum atomic E-state index is -3.83. The zero-order chi connectivity index (χ0) is 20.4. The molecular formula is C21H25N3O4S. The summed E-state index contributed by atoms with van der Waals surface area (Å²) in [5, 5.41) is 2.69. The van der Waals surface area contributed by atoms with E-state index < -0.39 is 15.9 Å². The van der Waals surface area contributed by atoms with Crippen LogP contribution in [0.15, 0.2) is 50.3 Å². The van der Waals surface area contributed by atoms with Crippen molar-refractivity contribution in [1.82, 2.24) is 0 Å². The smallest absolute Gasteiger partial charge is 0.291 e. The first kappa shape index (κ1) is 19.7. The number of carbonyl (C=O) groups excluding carboxylic acids is 1. The largest absolute Gasteiger partial charge is 0.459 e. The molecule has 2 aromatic rings. The number of hydrogen-bond acceptors (Lipinski definition) is 5. The Morgan fingerprint density at radius 1 is 1.28 bits per heavy atom. The van der Waals surface area contributed by atoms with Gasteiger partial charge in [-0.2, -0.15) is 8.42 Å². The Balaban J connectivity index is 1.69. The molecule has 8 heteroatoms. The standard InChI is InChI=1S/C21H25N3O4S/c1-2-3-12-24-17-11-10-16(22-21(25)18-9-6-13-28-18)14-19(17)29(26,27)23-20(24)15-7-4-5-8-15/h6,9-11,13-15H,2-5,7-8,12H2,1H3,(H,22,25). The van der Waals surface area contributed by atoms with E-state index in [1.165, 1.54) is 12.3 Å². The number of nitrogens with zero attached hydrogens (tertiary/aromatic N) is 2. The lowest BCUT2D eigenvalue weighted by Crippen LogP contribution is -2.40. The van der Waals surface area contributed by atoms with Crippen LogP contribution in [0.25, 0.3) is 0 Å². The summed E-state index contributed by atoms with van der Waals surface area (Å²) in [6, 6.07) is 8.15. The van der Waals surface area contributed by atoms with Gasteiger partial charge in [-0.15, -0.1) is 4.40 Å². The Hall–Kier alpha value is -2.61. The molecule has 2 heterocycles. The summed E-state index contributed by atoms with van der Waals surface area (Å²) in [6.45, 7) is 2.84. The van der Waals surface area contributed by atoms with Crippen LogP contribution in [-0.4, -0.2) is 26.7 Å². The van der Waals surface area contributed by atoms with Gasteiger partial charge in [0.15, 0.2) is 5.76 Å². The zero-order valence-corrected chi connectivity index (χ0v) is 17.2. The number of anilines is 2. The van der Waals surface area contributed by atoms with Crippen LogP contribution >= 0.6 is 0 Å². The Morgan fingerprint density at radius 3 is 2.76 bits per heavy atom.